The van der Waals surface area contributed by atoms with Gasteiger partial charge in [0.15, 0.2) is 10.8 Å². The zero-order valence-corrected chi connectivity index (χ0v) is 18.4. The molecule has 2 amide bonds. The first-order valence-electron chi connectivity index (χ1n) is 9.94. The molecule has 0 unspecified atom stereocenters. The Balaban J connectivity index is 1.35. The summed E-state index contributed by atoms with van der Waals surface area (Å²) in [5, 5.41) is 7.49. The Morgan fingerprint density at radius 3 is 2.94 bits per heavy atom. The van der Waals surface area contributed by atoms with Crippen molar-refractivity contribution in [2.45, 2.75) is 19.2 Å². The van der Waals surface area contributed by atoms with Crippen molar-refractivity contribution in [2.75, 3.05) is 25.6 Å². The van der Waals surface area contributed by atoms with Crippen LogP contribution >= 0.6 is 11.3 Å². The van der Waals surface area contributed by atoms with Crippen molar-refractivity contribution in [3.05, 3.63) is 64.5 Å². The number of rotatable bonds is 6. The molecule has 2 aromatic carbocycles. The van der Waals surface area contributed by atoms with Crippen LogP contribution in [-0.4, -0.2) is 37.1 Å². The first-order chi connectivity index (χ1) is 15.4. The van der Waals surface area contributed by atoms with E-state index in [2.05, 4.69) is 15.6 Å². The van der Waals surface area contributed by atoms with Crippen LogP contribution in [0.3, 0.4) is 0 Å². The summed E-state index contributed by atoms with van der Waals surface area (Å²) in [5.74, 6) is -0.153. The van der Waals surface area contributed by atoms with Gasteiger partial charge in [-0.1, -0.05) is 18.2 Å². The van der Waals surface area contributed by atoms with Crippen LogP contribution in [0.4, 0.5) is 9.52 Å². The van der Waals surface area contributed by atoms with E-state index in [1.54, 1.807) is 19.2 Å². The van der Waals surface area contributed by atoms with Crippen molar-refractivity contribution < 1.29 is 23.5 Å². The number of methoxy groups -OCH3 is 1. The molecule has 166 valence electrons. The highest BCUT2D eigenvalue weighted by Gasteiger charge is 2.33. The van der Waals surface area contributed by atoms with Crippen molar-refractivity contribution in [1.82, 2.24) is 10.3 Å². The predicted octanol–water partition coefficient (Wildman–Crippen LogP) is 3.90. The van der Waals surface area contributed by atoms with Gasteiger partial charge in [-0.15, -0.1) is 11.3 Å². The number of thiazole rings is 1. The number of nitrogens with zero attached hydrogens (tertiary/aromatic N) is 1. The van der Waals surface area contributed by atoms with Crippen LogP contribution in [0.5, 0.6) is 5.75 Å². The van der Waals surface area contributed by atoms with Gasteiger partial charge in [0.1, 0.15) is 5.75 Å². The first-order valence-corrected chi connectivity index (χ1v) is 10.8. The molecule has 2 heterocycles. The minimum atomic E-state index is -1.66. The van der Waals surface area contributed by atoms with E-state index in [-0.39, 0.29) is 18.7 Å². The summed E-state index contributed by atoms with van der Waals surface area (Å²) in [7, 11) is 1.59. The number of halogens is 1. The number of ether oxygens (including phenoxy) is 2. The summed E-state index contributed by atoms with van der Waals surface area (Å²) in [6.07, 6.45) is 0. The molecule has 0 radical (unpaired) electrons. The van der Waals surface area contributed by atoms with Gasteiger partial charge >= 0.3 is 0 Å². The van der Waals surface area contributed by atoms with Crippen LogP contribution in [0.2, 0.25) is 0 Å². The predicted molar refractivity (Wildman–Crippen MR) is 120 cm³/mol. The fourth-order valence-electron chi connectivity index (χ4n) is 3.43. The maximum atomic E-state index is 14.7. The van der Waals surface area contributed by atoms with E-state index >= 15 is 0 Å². The van der Waals surface area contributed by atoms with Crippen LogP contribution < -0.4 is 15.4 Å². The third kappa shape index (κ3) is 4.79. The smallest absolute Gasteiger partial charge is 0.251 e. The Labute approximate surface area is 188 Å². The molecule has 0 saturated heterocycles. The highest BCUT2D eigenvalue weighted by molar-refractivity contribution is 7.14. The minimum absolute atomic E-state index is 0.0565. The molecule has 2 N–H and O–H groups in total. The Morgan fingerprint density at radius 1 is 1.28 bits per heavy atom. The summed E-state index contributed by atoms with van der Waals surface area (Å²) in [4.78, 5) is 29.2. The summed E-state index contributed by atoms with van der Waals surface area (Å²) >= 11 is 1.28. The number of aromatic nitrogens is 1. The Morgan fingerprint density at radius 2 is 2.12 bits per heavy atom. The molecule has 32 heavy (non-hydrogen) atoms. The molecule has 7 nitrogen and oxygen atoms in total. The average Bonchev–Trinajstić information content (AvgIpc) is 3.25. The maximum Gasteiger partial charge on any atom is 0.251 e. The minimum Gasteiger partial charge on any atom is -0.497 e. The van der Waals surface area contributed by atoms with Crippen molar-refractivity contribution in [1.29, 1.82) is 0 Å². The molecular formula is C23H22FN3O4S. The van der Waals surface area contributed by atoms with Gasteiger partial charge in [0.05, 0.1) is 32.6 Å². The van der Waals surface area contributed by atoms with E-state index in [0.29, 0.717) is 34.3 Å². The zero-order valence-electron chi connectivity index (χ0n) is 17.6. The molecule has 4 rings (SSSR count). The average molecular weight is 456 g/mol. The highest BCUT2D eigenvalue weighted by Crippen LogP contribution is 2.34. The van der Waals surface area contributed by atoms with E-state index in [4.69, 9.17) is 9.47 Å². The number of anilines is 1. The summed E-state index contributed by atoms with van der Waals surface area (Å²) in [6, 6.07) is 12.2. The molecule has 0 aliphatic carbocycles. The second-order valence-corrected chi connectivity index (χ2v) is 8.42. The van der Waals surface area contributed by atoms with Gasteiger partial charge in [-0.05, 0) is 42.3 Å². The Bertz CT molecular complexity index is 1160. The SMILES string of the molecule is COc1cccc(-c2csc(NC(=O)CNC(=O)c3ccc4c(c3)[C@](C)(F)COC4)n2)c1. The highest BCUT2D eigenvalue weighted by atomic mass is 32.1. The van der Waals surface area contributed by atoms with Crippen LogP contribution in [0.1, 0.15) is 28.4 Å². The van der Waals surface area contributed by atoms with Crippen molar-refractivity contribution in [3.8, 4) is 17.0 Å². The van der Waals surface area contributed by atoms with Gasteiger partial charge in [0, 0.05) is 16.5 Å². The van der Waals surface area contributed by atoms with E-state index in [0.717, 1.165) is 5.56 Å². The number of nitrogens with one attached hydrogen (secondary N) is 2. The third-order valence-corrected chi connectivity index (χ3v) is 5.85. The summed E-state index contributed by atoms with van der Waals surface area (Å²) < 4.78 is 25.2. The largest absolute Gasteiger partial charge is 0.497 e. The monoisotopic (exact) mass is 455 g/mol. The second-order valence-electron chi connectivity index (χ2n) is 7.56. The molecule has 0 fully saturated rings. The topological polar surface area (TPSA) is 89.6 Å². The molecule has 9 heteroatoms. The molecule has 1 atom stereocenters. The van der Waals surface area contributed by atoms with Gasteiger partial charge in [-0.3, -0.25) is 9.59 Å². The normalized spacial score (nSPS) is 17.3. The van der Waals surface area contributed by atoms with Crippen LogP contribution in [0.25, 0.3) is 11.3 Å². The van der Waals surface area contributed by atoms with Crippen LogP contribution in [0, 0.1) is 0 Å². The van der Waals surface area contributed by atoms with E-state index in [1.165, 1.54) is 24.3 Å². The van der Waals surface area contributed by atoms with E-state index < -0.39 is 17.5 Å². The molecule has 0 saturated carbocycles. The lowest BCUT2D eigenvalue weighted by molar-refractivity contribution is -0.115. The molecule has 1 aromatic heterocycles. The van der Waals surface area contributed by atoms with Crippen LogP contribution in [-0.2, 0) is 21.8 Å². The standard InChI is InChI=1S/C23H22FN3O4S/c1-23(24)13-31-11-16-7-6-15(9-18(16)23)21(29)25-10-20(28)27-22-26-19(12-32-22)14-4-3-5-17(8-14)30-2/h3-9,12H,10-11,13H2,1-2H3,(H,25,29)(H,26,27,28)/t23-/m1/s1. The third-order valence-electron chi connectivity index (χ3n) is 5.09. The molecule has 1 aliphatic heterocycles. The van der Waals surface area contributed by atoms with E-state index in [9.17, 15) is 14.0 Å². The summed E-state index contributed by atoms with van der Waals surface area (Å²) in [5.41, 5.74) is 1.36. The Hall–Kier alpha value is -3.30. The quantitative estimate of drug-likeness (QED) is 0.588. The fraction of sp³-hybridized carbons (Fsp3) is 0.261. The number of hydrogen-bond acceptors (Lipinski definition) is 6. The fourth-order valence-corrected chi connectivity index (χ4v) is 4.17. The van der Waals surface area contributed by atoms with Gasteiger partial charge in [-0.25, -0.2) is 9.37 Å². The molecule has 0 spiro atoms. The van der Waals surface area contributed by atoms with Gasteiger partial charge in [-0.2, -0.15) is 0 Å². The number of carbonyl (C=O) groups excluding carboxylic acids is 2. The number of carbonyl (C=O) groups is 2. The number of hydrogen-bond donors (Lipinski definition) is 2. The first kappa shape index (κ1) is 21.9. The maximum absolute atomic E-state index is 14.7. The van der Waals surface area contributed by atoms with Gasteiger partial charge < -0.3 is 20.1 Å². The molecule has 0 bridgehead atoms. The number of fused-ring (bicyclic) bond motifs is 1. The number of alkyl halides is 1. The number of benzene rings is 2. The number of amides is 2. The lowest BCUT2D eigenvalue weighted by atomic mass is 9.90. The zero-order chi connectivity index (χ0) is 22.7. The Kier molecular flexibility index (Phi) is 6.20. The lowest BCUT2D eigenvalue weighted by Gasteiger charge is -2.29. The molecule has 3 aromatic rings. The van der Waals surface area contributed by atoms with Crippen LogP contribution in [0.15, 0.2) is 47.8 Å². The summed E-state index contributed by atoms with van der Waals surface area (Å²) in [6.45, 7) is 1.44. The van der Waals surface area contributed by atoms with Crippen molar-refractivity contribution in [2.24, 2.45) is 0 Å². The second kappa shape index (κ2) is 9.05. The molecule has 1 aliphatic rings. The van der Waals surface area contributed by atoms with Crippen molar-refractivity contribution >= 4 is 28.3 Å². The van der Waals surface area contributed by atoms with E-state index in [1.807, 2.05) is 29.6 Å². The van der Waals surface area contributed by atoms with Gasteiger partial charge in [0.2, 0.25) is 5.91 Å². The van der Waals surface area contributed by atoms with Crippen molar-refractivity contribution in [3.63, 3.8) is 0 Å². The molecular weight excluding hydrogens is 433 g/mol. The van der Waals surface area contributed by atoms with Gasteiger partial charge in [0.25, 0.3) is 5.91 Å². The lowest BCUT2D eigenvalue weighted by Crippen LogP contribution is -2.34.